The van der Waals surface area contributed by atoms with E-state index in [2.05, 4.69) is 22.2 Å². The zero-order valence-corrected chi connectivity index (χ0v) is 13.0. The summed E-state index contributed by atoms with van der Waals surface area (Å²) in [6.45, 7) is 6.40. The molecular weight excluding hydrogens is 266 g/mol. The summed E-state index contributed by atoms with van der Waals surface area (Å²) in [5.74, 6) is 3.08. The molecule has 5 nitrogen and oxygen atoms in total. The predicted molar refractivity (Wildman–Crippen MR) is 82.0 cm³/mol. The van der Waals surface area contributed by atoms with Crippen LogP contribution >= 0.6 is 0 Å². The Labute approximate surface area is 126 Å². The Morgan fingerprint density at radius 2 is 2.10 bits per heavy atom. The van der Waals surface area contributed by atoms with Crippen molar-refractivity contribution in [3.8, 4) is 5.88 Å². The SMILES string of the molecule is CCNc1nc(C2CC2)nc(OCC2CCCCO2)c1C. The van der Waals surface area contributed by atoms with E-state index in [4.69, 9.17) is 9.47 Å². The molecule has 1 saturated heterocycles. The average molecular weight is 291 g/mol. The third-order valence-corrected chi connectivity index (χ3v) is 4.09. The summed E-state index contributed by atoms with van der Waals surface area (Å²) >= 11 is 0. The monoisotopic (exact) mass is 291 g/mol. The van der Waals surface area contributed by atoms with Crippen LogP contribution in [0.5, 0.6) is 5.88 Å². The molecule has 3 rings (SSSR count). The third kappa shape index (κ3) is 3.64. The van der Waals surface area contributed by atoms with Crippen LogP contribution in [0.4, 0.5) is 5.82 Å². The molecule has 21 heavy (non-hydrogen) atoms. The van der Waals surface area contributed by atoms with Gasteiger partial charge in [0.15, 0.2) is 0 Å². The molecule has 0 bridgehead atoms. The highest BCUT2D eigenvalue weighted by molar-refractivity contribution is 5.49. The summed E-state index contributed by atoms with van der Waals surface area (Å²) in [7, 11) is 0. The lowest BCUT2D eigenvalue weighted by atomic mass is 10.1. The van der Waals surface area contributed by atoms with Gasteiger partial charge in [-0.2, -0.15) is 4.98 Å². The van der Waals surface area contributed by atoms with Crippen LogP contribution in [0.15, 0.2) is 0 Å². The van der Waals surface area contributed by atoms with Crippen molar-refractivity contribution in [3.05, 3.63) is 11.4 Å². The maximum absolute atomic E-state index is 5.97. The van der Waals surface area contributed by atoms with E-state index in [9.17, 15) is 0 Å². The summed E-state index contributed by atoms with van der Waals surface area (Å²) in [6.07, 6.45) is 6.07. The standard InChI is InChI=1S/C16H25N3O2/c1-3-17-14-11(2)16(19-15(18-14)12-7-8-12)21-10-13-6-4-5-9-20-13/h12-13H,3-10H2,1-2H3,(H,17,18,19). The van der Waals surface area contributed by atoms with Crippen molar-refractivity contribution in [1.82, 2.24) is 9.97 Å². The van der Waals surface area contributed by atoms with Crippen molar-refractivity contribution in [2.75, 3.05) is 25.1 Å². The van der Waals surface area contributed by atoms with E-state index >= 15 is 0 Å². The molecule has 2 fully saturated rings. The fourth-order valence-electron chi connectivity index (χ4n) is 2.63. The summed E-state index contributed by atoms with van der Waals surface area (Å²) in [4.78, 5) is 9.28. The van der Waals surface area contributed by atoms with Crippen LogP contribution in [-0.4, -0.2) is 35.8 Å². The Hall–Kier alpha value is -1.36. The second-order valence-corrected chi connectivity index (χ2v) is 5.96. The number of nitrogens with one attached hydrogen (secondary N) is 1. The van der Waals surface area contributed by atoms with E-state index in [1.807, 2.05) is 6.92 Å². The fourth-order valence-corrected chi connectivity index (χ4v) is 2.63. The van der Waals surface area contributed by atoms with Crippen LogP contribution in [0.1, 0.15) is 56.3 Å². The minimum Gasteiger partial charge on any atom is -0.475 e. The van der Waals surface area contributed by atoms with Gasteiger partial charge in [0, 0.05) is 19.1 Å². The maximum Gasteiger partial charge on any atom is 0.221 e. The van der Waals surface area contributed by atoms with Crippen molar-refractivity contribution in [3.63, 3.8) is 0 Å². The van der Waals surface area contributed by atoms with Gasteiger partial charge in [0.25, 0.3) is 0 Å². The quantitative estimate of drug-likeness (QED) is 0.873. The summed E-state index contributed by atoms with van der Waals surface area (Å²) in [5, 5.41) is 3.31. The molecule has 5 heteroatoms. The normalized spacial score (nSPS) is 22.1. The number of hydrogen-bond acceptors (Lipinski definition) is 5. The van der Waals surface area contributed by atoms with Gasteiger partial charge in [-0.15, -0.1) is 0 Å². The van der Waals surface area contributed by atoms with E-state index in [0.717, 1.165) is 42.7 Å². The molecule has 116 valence electrons. The van der Waals surface area contributed by atoms with Gasteiger partial charge in [-0.05, 0) is 46.0 Å². The second-order valence-electron chi connectivity index (χ2n) is 5.96. The van der Waals surface area contributed by atoms with E-state index < -0.39 is 0 Å². The van der Waals surface area contributed by atoms with Crippen LogP contribution < -0.4 is 10.1 Å². The van der Waals surface area contributed by atoms with Crippen LogP contribution in [0.2, 0.25) is 0 Å². The van der Waals surface area contributed by atoms with Crippen LogP contribution in [0, 0.1) is 6.92 Å². The first kappa shape index (κ1) is 14.6. The van der Waals surface area contributed by atoms with Gasteiger partial charge in [0.1, 0.15) is 18.2 Å². The summed E-state index contributed by atoms with van der Waals surface area (Å²) < 4.78 is 11.7. The lowest BCUT2D eigenvalue weighted by Gasteiger charge is -2.23. The molecule has 1 aromatic heterocycles. The van der Waals surface area contributed by atoms with Crippen molar-refractivity contribution >= 4 is 5.82 Å². The Morgan fingerprint density at radius 1 is 1.24 bits per heavy atom. The molecule has 1 aliphatic heterocycles. The molecule has 1 N–H and O–H groups in total. The lowest BCUT2D eigenvalue weighted by Crippen LogP contribution is -2.26. The number of rotatable bonds is 6. The Kier molecular flexibility index (Phi) is 4.58. The molecule has 0 radical (unpaired) electrons. The van der Waals surface area contributed by atoms with Crippen LogP contribution in [-0.2, 0) is 4.74 Å². The van der Waals surface area contributed by atoms with E-state index in [1.165, 1.54) is 25.7 Å². The molecule has 2 heterocycles. The topological polar surface area (TPSA) is 56.3 Å². The highest BCUT2D eigenvalue weighted by atomic mass is 16.5. The fraction of sp³-hybridized carbons (Fsp3) is 0.750. The Morgan fingerprint density at radius 3 is 2.76 bits per heavy atom. The third-order valence-electron chi connectivity index (χ3n) is 4.09. The molecule has 0 amide bonds. The highest BCUT2D eigenvalue weighted by Gasteiger charge is 2.28. The van der Waals surface area contributed by atoms with Crippen molar-refractivity contribution < 1.29 is 9.47 Å². The summed E-state index contributed by atoms with van der Waals surface area (Å²) in [6, 6.07) is 0. The Balaban J connectivity index is 1.72. The van der Waals surface area contributed by atoms with E-state index in [-0.39, 0.29) is 6.10 Å². The Bertz CT molecular complexity index is 483. The van der Waals surface area contributed by atoms with Gasteiger partial charge >= 0.3 is 0 Å². The smallest absolute Gasteiger partial charge is 0.221 e. The molecule has 1 aromatic rings. The minimum absolute atomic E-state index is 0.208. The first-order chi connectivity index (χ1) is 10.3. The van der Waals surface area contributed by atoms with Crippen molar-refractivity contribution in [2.45, 2.75) is 58.0 Å². The molecule has 2 aliphatic rings. The molecule has 1 unspecified atom stereocenters. The first-order valence-electron chi connectivity index (χ1n) is 8.14. The van der Waals surface area contributed by atoms with Crippen molar-refractivity contribution in [1.29, 1.82) is 0 Å². The van der Waals surface area contributed by atoms with E-state index in [0.29, 0.717) is 12.5 Å². The second kappa shape index (κ2) is 6.60. The largest absolute Gasteiger partial charge is 0.475 e. The maximum atomic E-state index is 5.97. The van der Waals surface area contributed by atoms with Gasteiger partial charge in [-0.3, -0.25) is 0 Å². The van der Waals surface area contributed by atoms with Crippen LogP contribution in [0.3, 0.4) is 0 Å². The lowest BCUT2D eigenvalue weighted by molar-refractivity contribution is -0.0121. The average Bonchev–Trinajstić information content (AvgIpc) is 3.34. The zero-order valence-electron chi connectivity index (χ0n) is 13.0. The van der Waals surface area contributed by atoms with Crippen molar-refractivity contribution in [2.24, 2.45) is 0 Å². The van der Waals surface area contributed by atoms with Gasteiger partial charge in [0.05, 0.1) is 11.7 Å². The van der Waals surface area contributed by atoms with Gasteiger partial charge in [-0.1, -0.05) is 0 Å². The number of hydrogen-bond donors (Lipinski definition) is 1. The number of anilines is 1. The number of nitrogens with zero attached hydrogens (tertiary/aromatic N) is 2. The number of ether oxygens (including phenoxy) is 2. The summed E-state index contributed by atoms with van der Waals surface area (Å²) in [5.41, 5.74) is 0.997. The predicted octanol–water partition coefficient (Wildman–Crippen LogP) is 3.04. The minimum atomic E-state index is 0.208. The first-order valence-corrected chi connectivity index (χ1v) is 8.14. The molecule has 0 aromatic carbocycles. The molecule has 0 spiro atoms. The molecule has 1 atom stereocenters. The molecule has 1 aliphatic carbocycles. The molecular formula is C16H25N3O2. The number of aromatic nitrogens is 2. The van der Waals surface area contributed by atoms with Gasteiger partial charge < -0.3 is 14.8 Å². The van der Waals surface area contributed by atoms with Crippen LogP contribution in [0.25, 0.3) is 0 Å². The van der Waals surface area contributed by atoms with E-state index in [1.54, 1.807) is 0 Å². The zero-order chi connectivity index (χ0) is 14.7. The van der Waals surface area contributed by atoms with Gasteiger partial charge in [0.2, 0.25) is 5.88 Å². The van der Waals surface area contributed by atoms with Gasteiger partial charge in [-0.25, -0.2) is 4.98 Å². The molecule has 1 saturated carbocycles. The highest BCUT2D eigenvalue weighted by Crippen LogP contribution is 2.40.